The van der Waals surface area contributed by atoms with Crippen LogP contribution >= 0.6 is 15.6 Å². The first-order valence-electron chi connectivity index (χ1n) is 41.4. The Bertz CT molecular complexity index is 2530. The molecule has 19 heteroatoms. The average molecular weight is 1530 g/mol. The first-order valence-corrected chi connectivity index (χ1v) is 44.4. The number of carbonyl (C=O) groups excluding carboxylic acids is 4. The van der Waals surface area contributed by atoms with Gasteiger partial charge in [-0.25, -0.2) is 9.13 Å². The number of unbranched alkanes of at least 4 members (excludes halogenated alkanes) is 29. The molecule has 0 aliphatic carbocycles. The topological polar surface area (TPSA) is 237 Å². The minimum atomic E-state index is -4.99. The summed E-state index contributed by atoms with van der Waals surface area (Å²) in [7, 11) is -9.98. The van der Waals surface area contributed by atoms with E-state index in [1.807, 2.05) is 0 Å². The van der Waals surface area contributed by atoms with Crippen LogP contribution in [0.1, 0.15) is 336 Å². The molecule has 0 spiro atoms. The first-order chi connectivity index (χ1) is 51.7. The molecule has 0 aliphatic heterocycles. The Morgan fingerprint density at radius 2 is 0.491 bits per heavy atom. The Hall–Kier alpha value is -4.80. The Kier molecular flexibility index (Phi) is 74.8. The Morgan fingerprint density at radius 1 is 0.274 bits per heavy atom. The zero-order valence-corrected chi connectivity index (χ0v) is 68.4. The number of allylic oxidation sites excluding steroid dienone is 22. The monoisotopic (exact) mass is 1530 g/mol. The molecular weight excluding hydrogens is 1380 g/mol. The summed E-state index contributed by atoms with van der Waals surface area (Å²) in [5.74, 6) is -2.23. The third-order valence-corrected chi connectivity index (χ3v) is 19.0. The van der Waals surface area contributed by atoms with Gasteiger partial charge in [-0.1, -0.05) is 303 Å². The van der Waals surface area contributed by atoms with Gasteiger partial charge in [-0.15, -0.1) is 0 Å². The highest BCUT2D eigenvalue weighted by Crippen LogP contribution is 2.45. The van der Waals surface area contributed by atoms with Crippen LogP contribution < -0.4 is 0 Å². The molecule has 5 atom stereocenters. The summed E-state index contributed by atoms with van der Waals surface area (Å²) in [6, 6.07) is 0. The molecule has 5 unspecified atom stereocenters. The molecule has 0 saturated carbocycles. The second-order valence-electron chi connectivity index (χ2n) is 27.3. The van der Waals surface area contributed by atoms with Crippen LogP contribution in [0.15, 0.2) is 134 Å². The van der Waals surface area contributed by atoms with E-state index in [1.165, 1.54) is 70.6 Å². The van der Waals surface area contributed by atoms with E-state index in [2.05, 4.69) is 161 Å². The van der Waals surface area contributed by atoms with Crippen LogP contribution in [0.5, 0.6) is 0 Å². The number of rotatable bonds is 77. The summed E-state index contributed by atoms with van der Waals surface area (Å²) in [6.45, 7) is 4.58. The van der Waals surface area contributed by atoms with Gasteiger partial charge in [0.2, 0.25) is 0 Å². The second-order valence-corrected chi connectivity index (χ2v) is 30.2. The van der Waals surface area contributed by atoms with Crippen molar-refractivity contribution in [2.24, 2.45) is 0 Å². The van der Waals surface area contributed by atoms with Crippen molar-refractivity contribution >= 4 is 39.5 Å². The molecule has 0 saturated heterocycles. The first kappa shape index (κ1) is 101. The summed E-state index contributed by atoms with van der Waals surface area (Å²) in [6.07, 6.45) is 88.5. The number of aliphatic hydroxyl groups excluding tert-OH is 1. The minimum Gasteiger partial charge on any atom is -0.462 e. The number of aliphatic hydroxyl groups is 1. The normalized spacial score (nSPS) is 14.5. The third-order valence-electron chi connectivity index (χ3n) is 17.1. The van der Waals surface area contributed by atoms with E-state index < -0.39 is 97.5 Å². The van der Waals surface area contributed by atoms with Crippen LogP contribution in [0, 0.1) is 0 Å². The lowest BCUT2D eigenvalue weighted by Gasteiger charge is -2.21. The molecule has 0 aromatic carbocycles. The molecule has 0 aromatic heterocycles. The highest BCUT2D eigenvalue weighted by atomic mass is 31.2. The highest BCUT2D eigenvalue weighted by molar-refractivity contribution is 7.47. The maximum atomic E-state index is 13.1. The number of hydrogen-bond acceptors (Lipinski definition) is 15. The van der Waals surface area contributed by atoms with Gasteiger partial charge in [0.25, 0.3) is 0 Å². The van der Waals surface area contributed by atoms with Crippen molar-refractivity contribution in [3.8, 4) is 0 Å². The van der Waals surface area contributed by atoms with Crippen molar-refractivity contribution in [2.45, 2.75) is 354 Å². The van der Waals surface area contributed by atoms with Gasteiger partial charge in [0.1, 0.15) is 19.3 Å². The Labute approximate surface area is 644 Å². The highest BCUT2D eigenvalue weighted by Gasteiger charge is 2.30. The Balaban J connectivity index is 5.39. The van der Waals surface area contributed by atoms with Gasteiger partial charge in [0.05, 0.1) is 26.4 Å². The van der Waals surface area contributed by atoms with Crippen molar-refractivity contribution in [2.75, 3.05) is 39.6 Å². The molecule has 3 N–H and O–H groups in total. The average Bonchev–Trinajstić information content (AvgIpc) is 0.901. The molecule has 17 nitrogen and oxygen atoms in total. The van der Waals surface area contributed by atoms with E-state index in [1.54, 1.807) is 0 Å². The summed E-state index contributed by atoms with van der Waals surface area (Å²) in [5.41, 5.74) is 0. The zero-order valence-electron chi connectivity index (χ0n) is 66.6. The maximum Gasteiger partial charge on any atom is 0.472 e. The van der Waals surface area contributed by atoms with E-state index in [9.17, 15) is 43.2 Å². The molecule has 106 heavy (non-hydrogen) atoms. The van der Waals surface area contributed by atoms with Gasteiger partial charge in [-0.3, -0.25) is 37.3 Å². The molecule has 0 rings (SSSR count). The van der Waals surface area contributed by atoms with Crippen molar-refractivity contribution in [3.05, 3.63) is 134 Å². The predicted molar refractivity (Wildman–Crippen MR) is 436 cm³/mol. The smallest absolute Gasteiger partial charge is 0.462 e. The van der Waals surface area contributed by atoms with Crippen molar-refractivity contribution in [3.63, 3.8) is 0 Å². The molecular formula is C87H148O17P2. The van der Waals surface area contributed by atoms with E-state index in [0.717, 1.165) is 186 Å². The molecule has 0 aromatic rings. The summed E-state index contributed by atoms with van der Waals surface area (Å²) < 4.78 is 68.7. The molecule has 0 bridgehead atoms. The number of ether oxygens (including phenoxy) is 4. The van der Waals surface area contributed by atoms with Gasteiger partial charge in [-0.05, 0) is 141 Å². The minimum absolute atomic E-state index is 0.0696. The lowest BCUT2D eigenvalue weighted by atomic mass is 10.0. The van der Waals surface area contributed by atoms with Crippen LogP contribution in [0.4, 0.5) is 0 Å². The molecule has 0 radical (unpaired) electrons. The lowest BCUT2D eigenvalue weighted by Crippen LogP contribution is -2.30. The third kappa shape index (κ3) is 77.4. The number of phosphoric acid groups is 2. The predicted octanol–water partition coefficient (Wildman–Crippen LogP) is 24.4. The standard InChI is InChI=1S/C87H148O17P2/c1-5-9-13-17-21-25-29-33-36-38-40-42-45-48-51-55-59-63-67-71-84(89)97-77-82(103-86(91)73-69-65-61-57-53-47-32-28-24-20-16-12-8-4)79-101-105(93,94)99-75-81(88)76-100-106(95,96)102-80-83(104-87(92)74-70-66-62-58-54-50-44-35-31-27-23-19-15-11-7-3)78-98-85(90)72-68-64-60-56-52-49-46-43-41-39-37-34-30-26-22-18-14-10-6-2/h9,11,13,15,21-23,25-27,33-37,40-44,48,51,81-83,88H,5-8,10,12,14,16-20,24,28-32,38-39,45-47,49-50,52-80H2,1-4H3,(H,93,94)(H,95,96)/b13-9-,15-11-,25-21-,26-22-,27-23-,36-33-,37-34-,42-40-,43-41-,44-35-,51-48-. The molecule has 0 aliphatic rings. The van der Waals surface area contributed by atoms with Gasteiger partial charge in [0.15, 0.2) is 12.2 Å². The van der Waals surface area contributed by atoms with Gasteiger partial charge >= 0.3 is 39.5 Å². The van der Waals surface area contributed by atoms with Crippen molar-refractivity contribution in [1.82, 2.24) is 0 Å². The van der Waals surface area contributed by atoms with E-state index >= 15 is 0 Å². The molecule has 608 valence electrons. The van der Waals surface area contributed by atoms with Gasteiger partial charge < -0.3 is 33.8 Å². The van der Waals surface area contributed by atoms with Gasteiger partial charge in [0, 0.05) is 25.7 Å². The second kappa shape index (κ2) is 78.3. The number of phosphoric ester groups is 2. The number of esters is 4. The van der Waals surface area contributed by atoms with Crippen LogP contribution in [0.3, 0.4) is 0 Å². The SMILES string of the molecule is CC/C=C\C/C=C\C/C=C\C/C=C\C/C=C\CCCCCC(=O)OCC(COP(=O)(O)OCC(O)COP(=O)(O)OCC(COC(=O)CCCCCCCC/C=C\C/C=C\C/C=C\CCCCC)OC(=O)CCCCCCC/C=C\C/C=C\C/C=C\CC)OC(=O)CCCCCCCCCCCCCCC. The van der Waals surface area contributed by atoms with Crippen LogP contribution in [0.25, 0.3) is 0 Å². The zero-order chi connectivity index (χ0) is 77.4. The van der Waals surface area contributed by atoms with Crippen molar-refractivity contribution in [1.29, 1.82) is 0 Å². The number of carbonyl (C=O) groups is 4. The van der Waals surface area contributed by atoms with E-state index in [4.69, 9.17) is 37.0 Å². The fourth-order valence-corrected chi connectivity index (χ4v) is 12.4. The Morgan fingerprint density at radius 3 is 0.783 bits per heavy atom. The van der Waals surface area contributed by atoms with Gasteiger partial charge in [-0.2, -0.15) is 0 Å². The van der Waals surface area contributed by atoms with E-state index in [0.29, 0.717) is 25.7 Å². The quantitative estimate of drug-likeness (QED) is 0.0169. The number of hydrogen-bond donors (Lipinski definition) is 3. The summed E-state index contributed by atoms with van der Waals surface area (Å²) in [4.78, 5) is 73.1. The molecule has 0 amide bonds. The van der Waals surface area contributed by atoms with Crippen molar-refractivity contribution < 1.29 is 80.2 Å². The summed E-state index contributed by atoms with van der Waals surface area (Å²) >= 11 is 0. The van der Waals surface area contributed by atoms with E-state index in [-0.39, 0.29) is 25.7 Å². The maximum absolute atomic E-state index is 13.1. The summed E-state index contributed by atoms with van der Waals surface area (Å²) in [5, 5.41) is 10.7. The van der Waals surface area contributed by atoms with Crippen LogP contribution in [-0.4, -0.2) is 96.7 Å². The fraction of sp³-hybridized carbons (Fsp3) is 0.701. The van der Waals surface area contributed by atoms with Crippen LogP contribution in [0.2, 0.25) is 0 Å². The molecule has 0 heterocycles. The van der Waals surface area contributed by atoms with Crippen LogP contribution in [-0.2, 0) is 65.4 Å². The fourth-order valence-electron chi connectivity index (χ4n) is 10.9. The largest absolute Gasteiger partial charge is 0.472 e. The molecule has 0 fully saturated rings. The lowest BCUT2D eigenvalue weighted by molar-refractivity contribution is -0.161.